The van der Waals surface area contributed by atoms with Crippen molar-refractivity contribution in [1.29, 1.82) is 0 Å². The molecule has 0 saturated carbocycles. The van der Waals surface area contributed by atoms with Crippen molar-refractivity contribution < 1.29 is 4.73 Å². The summed E-state index contributed by atoms with van der Waals surface area (Å²) in [5.74, 6) is 0. The Labute approximate surface area is 112 Å². The van der Waals surface area contributed by atoms with Crippen LogP contribution in [0.25, 0.3) is 16.9 Å². The molecule has 0 aliphatic heterocycles. The number of nitrogens with zero attached hydrogens (tertiary/aromatic N) is 2. The fourth-order valence-corrected chi connectivity index (χ4v) is 2.30. The van der Waals surface area contributed by atoms with Gasteiger partial charge in [0.1, 0.15) is 5.69 Å². The van der Waals surface area contributed by atoms with Crippen LogP contribution >= 0.6 is 0 Å². The lowest BCUT2D eigenvalue weighted by molar-refractivity contribution is -0.593. The Bertz CT molecular complexity index is 688. The van der Waals surface area contributed by atoms with Gasteiger partial charge in [-0.05, 0) is 12.1 Å². The van der Waals surface area contributed by atoms with Gasteiger partial charge >= 0.3 is 0 Å². The highest BCUT2D eigenvalue weighted by atomic mass is 16.5. The third kappa shape index (κ3) is 1.99. The lowest BCUT2D eigenvalue weighted by Gasteiger charge is -2.02. The number of rotatable bonds is 2. The summed E-state index contributed by atoms with van der Waals surface area (Å²) in [6.07, 6.45) is 1.58. The highest BCUT2D eigenvalue weighted by molar-refractivity contribution is 5.59. The summed E-state index contributed by atoms with van der Waals surface area (Å²) in [7, 11) is 0. The second-order valence-electron chi connectivity index (χ2n) is 4.45. The topological polar surface area (TPSA) is 31.9 Å². The van der Waals surface area contributed by atoms with E-state index in [9.17, 15) is 5.21 Å². The summed E-state index contributed by atoms with van der Waals surface area (Å²) in [5.41, 5.74) is 3.56. The van der Waals surface area contributed by atoms with Gasteiger partial charge in [-0.2, -0.15) is 4.57 Å². The van der Waals surface area contributed by atoms with E-state index >= 15 is 0 Å². The Balaban J connectivity index is 2.17. The van der Waals surface area contributed by atoms with Crippen molar-refractivity contribution in [2.45, 2.75) is 6.92 Å². The molecule has 3 rings (SSSR count). The van der Waals surface area contributed by atoms with E-state index in [1.807, 2.05) is 72.2 Å². The maximum Gasteiger partial charge on any atom is 0.252 e. The van der Waals surface area contributed by atoms with Crippen LogP contribution in [0.2, 0.25) is 0 Å². The molecule has 3 nitrogen and oxygen atoms in total. The molecular weight excluding hydrogens is 236 g/mol. The minimum Gasteiger partial charge on any atom is -0.710 e. The molecule has 0 spiro atoms. The normalized spacial score (nSPS) is 10.6. The molecule has 3 aromatic rings. The van der Waals surface area contributed by atoms with Crippen LogP contribution in [0.3, 0.4) is 0 Å². The molecule has 0 atom stereocenters. The van der Waals surface area contributed by atoms with E-state index in [1.165, 1.54) is 0 Å². The predicted molar refractivity (Wildman–Crippen MR) is 74.9 cm³/mol. The van der Waals surface area contributed by atoms with E-state index in [1.54, 1.807) is 6.33 Å². The molecule has 0 bridgehead atoms. The molecule has 0 unspecified atom stereocenters. The average molecular weight is 250 g/mol. The fraction of sp³-hybridized carbons (Fsp3) is 0.0625. The van der Waals surface area contributed by atoms with Crippen molar-refractivity contribution in [3.63, 3.8) is 0 Å². The molecule has 3 heteroatoms. The average Bonchev–Trinajstić information content (AvgIpc) is 2.76. The SMILES string of the molecule is Cc1c(-c2ccccc2)[n+]([O-])cn1-c1ccccc1. The number of imidazole rings is 1. The summed E-state index contributed by atoms with van der Waals surface area (Å²) in [6, 6.07) is 19.6. The molecule has 0 N–H and O–H groups in total. The fourth-order valence-electron chi connectivity index (χ4n) is 2.30. The van der Waals surface area contributed by atoms with E-state index < -0.39 is 0 Å². The number of para-hydroxylation sites is 1. The molecule has 1 aromatic heterocycles. The highest BCUT2D eigenvalue weighted by Gasteiger charge is 2.18. The monoisotopic (exact) mass is 250 g/mol. The quantitative estimate of drug-likeness (QED) is 0.508. The molecule has 1 heterocycles. The zero-order chi connectivity index (χ0) is 13.2. The Morgan fingerprint density at radius 2 is 1.47 bits per heavy atom. The van der Waals surface area contributed by atoms with E-state index in [2.05, 4.69) is 0 Å². The van der Waals surface area contributed by atoms with Crippen molar-refractivity contribution in [3.8, 4) is 16.9 Å². The maximum atomic E-state index is 12.1. The summed E-state index contributed by atoms with van der Waals surface area (Å²) < 4.78 is 2.84. The molecule has 0 aliphatic carbocycles. The second kappa shape index (κ2) is 4.61. The second-order valence-corrected chi connectivity index (χ2v) is 4.45. The van der Waals surface area contributed by atoms with Crippen molar-refractivity contribution in [2.24, 2.45) is 0 Å². The molecular formula is C16H14N2O. The van der Waals surface area contributed by atoms with Gasteiger partial charge in [0.15, 0.2) is 11.4 Å². The minimum atomic E-state index is 0.699. The molecule has 19 heavy (non-hydrogen) atoms. The Kier molecular flexibility index (Phi) is 2.80. The molecule has 0 fully saturated rings. The van der Waals surface area contributed by atoms with Gasteiger partial charge in [0.2, 0.25) is 0 Å². The van der Waals surface area contributed by atoms with Gasteiger partial charge in [-0.15, -0.1) is 0 Å². The van der Waals surface area contributed by atoms with Crippen molar-refractivity contribution in [1.82, 2.24) is 4.57 Å². The first-order valence-corrected chi connectivity index (χ1v) is 6.19. The number of benzene rings is 2. The molecule has 0 saturated heterocycles. The number of hydrogen-bond donors (Lipinski definition) is 0. The van der Waals surface area contributed by atoms with E-state index in [0.717, 1.165) is 21.7 Å². The Morgan fingerprint density at radius 1 is 0.895 bits per heavy atom. The van der Waals surface area contributed by atoms with Gasteiger partial charge in [0.05, 0.1) is 0 Å². The van der Waals surface area contributed by atoms with Gasteiger partial charge in [0, 0.05) is 12.5 Å². The first-order chi connectivity index (χ1) is 9.27. The van der Waals surface area contributed by atoms with Crippen molar-refractivity contribution >= 4 is 0 Å². The van der Waals surface area contributed by atoms with Crippen LogP contribution in [0.1, 0.15) is 5.69 Å². The Hall–Kier alpha value is -2.55. The van der Waals surface area contributed by atoms with Crippen LogP contribution < -0.4 is 4.73 Å². The van der Waals surface area contributed by atoms with Gasteiger partial charge < -0.3 is 5.21 Å². The molecule has 0 radical (unpaired) electrons. The maximum absolute atomic E-state index is 12.1. The number of aromatic nitrogens is 2. The van der Waals surface area contributed by atoms with E-state index in [-0.39, 0.29) is 0 Å². The lowest BCUT2D eigenvalue weighted by atomic mass is 10.1. The number of hydrogen-bond acceptors (Lipinski definition) is 1. The van der Waals surface area contributed by atoms with Gasteiger partial charge in [-0.25, -0.2) is 4.73 Å². The van der Waals surface area contributed by atoms with Crippen LogP contribution in [-0.2, 0) is 0 Å². The van der Waals surface area contributed by atoms with Crippen LogP contribution in [0.4, 0.5) is 0 Å². The van der Waals surface area contributed by atoms with Gasteiger partial charge in [0.25, 0.3) is 6.33 Å². The van der Waals surface area contributed by atoms with Crippen LogP contribution in [0.5, 0.6) is 0 Å². The zero-order valence-corrected chi connectivity index (χ0v) is 10.7. The summed E-state index contributed by atoms with van der Waals surface area (Å²) in [6.45, 7) is 1.96. The minimum absolute atomic E-state index is 0.699. The van der Waals surface area contributed by atoms with E-state index in [4.69, 9.17) is 0 Å². The molecule has 94 valence electrons. The summed E-state index contributed by atoms with van der Waals surface area (Å²) in [4.78, 5) is 0. The van der Waals surface area contributed by atoms with Crippen molar-refractivity contribution in [3.05, 3.63) is 77.9 Å². The van der Waals surface area contributed by atoms with Crippen LogP contribution in [-0.4, -0.2) is 4.57 Å². The first-order valence-electron chi connectivity index (χ1n) is 6.19. The smallest absolute Gasteiger partial charge is 0.252 e. The largest absolute Gasteiger partial charge is 0.710 e. The molecule has 0 aliphatic rings. The van der Waals surface area contributed by atoms with Crippen LogP contribution in [0.15, 0.2) is 67.0 Å². The predicted octanol–water partition coefficient (Wildman–Crippen LogP) is 3.09. The lowest BCUT2D eigenvalue weighted by Crippen LogP contribution is -2.25. The van der Waals surface area contributed by atoms with E-state index in [0.29, 0.717) is 5.69 Å². The van der Waals surface area contributed by atoms with Gasteiger partial charge in [-0.3, -0.25) is 0 Å². The van der Waals surface area contributed by atoms with Crippen molar-refractivity contribution in [2.75, 3.05) is 0 Å². The molecule has 0 amide bonds. The third-order valence-corrected chi connectivity index (χ3v) is 3.23. The summed E-state index contributed by atoms with van der Waals surface area (Å²) >= 11 is 0. The highest BCUT2D eigenvalue weighted by Crippen LogP contribution is 2.22. The summed E-state index contributed by atoms with van der Waals surface area (Å²) in [5, 5.41) is 12.1. The third-order valence-electron chi connectivity index (χ3n) is 3.23. The Morgan fingerprint density at radius 3 is 2.11 bits per heavy atom. The molecule has 2 aromatic carbocycles. The van der Waals surface area contributed by atoms with Crippen LogP contribution in [0, 0.1) is 12.1 Å². The van der Waals surface area contributed by atoms with Gasteiger partial charge in [-0.1, -0.05) is 48.5 Å². The zero-order valence-electron chi connectivity index (χ0n) is 10.7. The first kappa shape index (κ1) is 11.5. The standard InChI is InChI=1S/C16H14N2O/c1-13-16(14-8-4-2-5-9-14)18(19)12-17(13)15-10-6-3-7-11-15/h2-12H,1H3.